The van der Waals surface area contributed by atoms with Gasteiger partial charge in [-0.1, -0.05) is 39.8 Å². The van der Waals surface area contributed by atoms with Gasteiger partial charge in [0.05, 0.1) is 13.2 Å². The van der Waals surface area contributed by atoms with E-state index in [9.17, 15) is 0 Å². The third-order valence-electron chi connectivity index (χ3n) is 3.55. The molecule has 1 saturated heterocycles. The van der Waals surface area contributed by atoms with Crippen molar-refractivity contribution in [1.82, 2.24) is 0 Å². The van der Waals surface area contributed by atoms with Crippen molar-refractivity contribution in [2.24, 2.45) is 10.8 Å². The standard InChI is InChI=1S/C13H22O2/c1-11(2)9-14-13(15-10-11)8-6-5-7-12(13,3)4/h5,7H,6,8-10H2,1-4H3. The third-order valence-corrected chi connectivity index (χ3v) is 3.55. The third kappa shape index (κ3) is 1.85. The van der Waals surface area contributed by atoms with Gasteiger partial charge in [0.1, 0.15) is 0 Å². The molecule has 2 nitrogen and oxygen atoms in total. The van der Waals surface area contributed by atoms with Gasteiger partial charge in [0.25, 0.3) is 0 Å². The van der Waals surface area contributed by atoms with Crippen molar-refractivity contribution in [1.29, 1.82) is 0 Å². The van der Waals surface area contributed by atoms with Crippen LogP contribution in [-0.4, -0.2) is 19.0 Å². The average Bonchev–Trinajstić information content (AvgIpc) is 2.14. The minimum Gasteiger partial charge on any atom is -0.348 e. The Morgan fingerprint density at radius 2 is 1.60 bits per heavy atom. The molecule has 0 unspecified atom stereocenters. The fourth-order valence-electron chi connectivity index (χ4n) is 2.32. The monoisotopic (exact) mass is 210 g/mol. The van der Waals surface area contributed by atoms with Crippen molar-refractivity contribution in [2.75, 3.05) is 13.2 Å². The zero-order valence-electron chi connectivity index (χ0n) is 10.3. The first-order chi connectivity index (χ1) is 6.87. The van der Waals surface area contributed by atoms with Crippen LogP contribution >= 0.6 is 0 Å². The van der Waals surface area contributed by atoms with Gasteiger partial charge >= 0.3 is 0 Å². The van der Waals surface area contributed by atoms with Crippen molar-refractivity contribution in [3.63, 3.8) is 0 Å². The molecule has 0 radical (unpaired) electrons. The second-order valence-electron chi connectivity index (χ2n) is 6.16. The van der Waals surface area contributed by atoms with E-state index in [1.807, 2.05) is 0 Å². The van der Waals surface area contributed by atoms with Crippen LogP contribution in [0.3, 0.4) is 0 Å². The molecule has 1 heterocycles. The zero-order valence-corrected chi connectivity index (χ0v) is 10.3. The van der Waals surface area contributed by atoms with Crippen LogP contribution in [0.4, 0.5) is 0 Å². The molecule has 0 N–H and O–H groups in total. The van der Waals surface area contributed by atoms with Gasteiger partial charge in [-0.05, 0) is 6.42 Å². The summed E-state index contributed by atoms with van der Waals surface area (Å²) in [6.07, 6.45) is 6.50. The van der Waals surface area contributed by atoms with Crippen LogP contribution in [-0.2, 0) is 9.47 Å². The van der Waals surface area contributed by atoms with E-state index < -0.39 is 0 Å². The minimum absolute atomic E-state index is 0.0122. The molecule has 1 fully saturated rings. The van der Waals surface area contributed by atoms with E-state index in [1.54, 1.807) is 0 Å². The van der Waals surface area contributed by atoms with Crippen LogP contribution in [0.25, 0.3) is 0 Å². The molecule has 2 aliphatic rings. The quantitative estimate of drug-likeness (QED) is 0.572. The van der Waals surface area contributed by atoms with Gasteiger partial charge in [-0.25, -0.2) is 0 Å². The molecule has 86 valence electrons. The SMILES string of the molecule is CC1(C)COC2(CCC=CC2(C)C)OC1. The topological polar surface area (TPSA) is 18.5 Å². The molecule has 0 aromatic rings. The average molecular weight is 210 g/mol. The highest BCUT2D eigenvalue weighted by atomic mass is 16.7. The summed E-state index contributed by atoms with van der Waals surface area (Å²) in [6.45, 7) is 10.4. The van der Waals surface area contributed by atoms with Crippen LogP contribution in [0.5, 0.6) is 0 Å². The highest BCUT2D eigenvalue weighted by Gasteiger charge is 2.50. The molecule has 0 bridgehead atoms. The van der Waals surface area contributed by atoms with E-state index >= 15 is 0 Å². The number of ether oxygens (including phenoxy) is 2. The summed E-state index contributed by atoms with van der Waals surface area (Å²) >= 11 is 0. The smallest absolute Gasteiger partial charge is 0.177 e. The van der Waals surface area contributed by atoms with Gasteiger partial charge in [-0.3, -0.25) is 0 Å². The van der Waals surface area contributed by atoms with Crippen LogP contribution in [0.1, 0.15) is 40.5 Å². The second-order valence-corrected chi connectivity index (χ2v) is 6.16. The van der Waals surface area contributed by atoms with Gasteiger partial charge < -0.3 is 9.47 Å². The Bertz CT molecular complexity index is 266. The van der Waals surface area contributed by atoms with Crippen molar-refractivity contribution in [3.8, 4) is 0 Å². The summed E-state index contributed by atoms with van der Waals surface area (Å²) in [5.41, 5.74) is 0.143. The van der Waals surface area contributed by atoms with E-state index in [1.165, 1.54) is 0 Å². The van der Waals surface area contributed by atoms with Gasteiger partial charge in [-0.15, -0.1) is 0 Å². The molecule has 15 heavy (non-hydrogen) atoms. The van der Waals surface area contributed by atoms with Crippen LogP contribution in [0, 0.1) is 10.8 Å². The molecule has 0 atom stereocenters. The molecule has 0 amide bonds. The number of hydrogen-bond donors (Lipinski definition) is 0. The van der Waals surface area contributed by atoms with Crippen molar-refractivity contribution in [2.45, 2.75) is 46.3 Å². The zero-order chi connectivity index (χ0) is 11.2. The lowest BCUT2D eigenvalue weighted by Gasteiger charge is -2.51. The Kier molecular flexibility index (Phi) is 2.47. The van der Waals surface area contributed by atoms with E-state index in [-0.39, 0.29) is 16.6 Å². The maximum absolute atomic E-state index is 6.06. The molecule has 0 aromatic heterocycles. The fourth-order valence-corrected chi connectivity index (χ4v) is 2.32. The molecule has 2 heteroatoms. The number of allylic oxidation sites excluding steroid dienone is 1. The molecule has 1 spiro atoms. The molecular formula is C13H22O2. The lowest BCUT2D eigenvalue weighted by atomic mass is 9.75. The first-order valence-electron chi connectivity index (χ1n) is 5.83. The Hall–Kier alpha value is -0.340. The van der Waals surface area contributed by atoms with Crippen molar-refractivity contribution in [3.05, 3.63) is 12.2 Å². The van der Waals surface area contributed by atoms with E-state index in [0.717, 1.165) is 26.1 Å². The lowest BCUT2D eigenvalue weighted by Crippen LogP contribution is -2.56. The molecule has 2 rings (SSSR count). The van der Waals surface area contributed by atoms with Crippen molar-refractivity contribution >= 4 is 0 Å². The van der Waals surface area contributed by atoms with E-state index in [0.29, 0.717) is 0 Å². The Morgan fingerprint density at radius 3 is 2.13 bits per heavy atom. The largest absolute Gasteiger partial charge is 0.348 e. The summed E-state index contributed by atoms with van der Waals surface area (Å²) in [5, 5.41) is 0. The predicted octanol–water partition coefficient (Wildman–Crippen LogP) is 3.13. The molecule has 0 aromatic carbocycles. The second kappa shape index (κ2) is 3.33. The molecule has 1 aliphatic heterocycles. The van der Waals surface area contributed by atoms with Gasteiger partial charge in [0.15, 0.2) is 5.79 Å². The highest BCUT2D eigenvalue weighted by Crippen LogP contribution is 2.47. The van der Waals surface area contributed by atoms with E-state index in [4.69, 9.17) is 9.47 Å². The Balaban J connectivity index is 2.18. The fraction of sp³-hybridized carbons (Fsp3) is 0.846. The highest BCUT2D eigenvalue weighted by molar-refractivity contribution is 5.09. The minimum atomic E-state index is -0.378. The summed E-state index contributed by atoms with van der Waals surface area (Å²) in [7, 11) is 0. The van der Waals surface area contributed by atoms with E-state index in [2.05, 4.69) is 39.8 Å². The van der Waals surface area contributed by atoms with Gasteiger partial charge in [-0.2, -0.15) is 0 Å². The summed E-state index contributed by atoms with van der Waals surface area (Å²) in [6, 6.07) is 0. The normalized spacial score (nSPS) is 31.7. The molecule has 1 aliphatic carbocycles. The van der Waals surface area contributed by atoms with Crippen molar-refractivity contribution < 1.29 is 9.47 Å². The Labute approximate surface area is 92.6 Å². The first-order valence-corrected chi connectivity index (χ1v) is 5.83. The Morgan fingerprint density at radius 1 is 1.00 bits per heavy atom. The summed E-state index contributed by atoms with van der Waals surface area (Å²) in [5.74, 6) is -0.378. The molecule has 0 saturated carbocycles. The van der Waals surface area contributed by atoms with Crippen LogP contribution in [0.15, 0.2) is 12.2 Å². The van der Waals surface area contributed by atoms with Crippen LogP contribution in [0.2, 0.25) is 0 Å². The number of hydrogen-bond acceptors (Lipinski definition) is 2. The van der Waals surface area contributed by atoms with Gasteiger partial charge in [0, 0.05) is 17.3 Å². The maximum Gasteiger partial charge on any atom is 0.177 e. The predicted molar refractivity (Wildman–Crippen MR) is 60.6 cm³/mol. The van der Waals surface area contributed by atoms with Gasteiger partial charge in [0.2, 0.25) is 0 Å². The lowest BCUT2D eigenvalue weighted by molar-refractivity contribution is -0.338. The van der Waals surface area contributed by atoms with Crippen LogP contribution < -0.4 is 0 Å². The maximum atomic E-state index is 6.06. The summed E-state index contributed by atoms with van der Waals surface area (Å²) < 4.78 is 12.1. The number of rotatable bonds is 0. The summed E-state index contributed by atoms with van der Waals surface area (Å²) in [4.78, 5) is 0. The first kappa shape index (κ1) is 11.2. The molecular weight excluding hydrogens is 188 g/mol.